The molecule has 5 heteroatoms. The first kappa shape index (κ1) is 15.6. The number of phenolic OH excluding ortho intramolecular Hbond substituents is 1. The molecule has 2 N–H and O–H groups in total. The highest BCUT2D eigenvalue weighted by Crippen LogP contribution is 2.23. The van der Waals surface area contributed by atoms with Crippen LogP contribution in [0, 0.1) is 5.92 Å². The topological polar surface area (TPSA) is 61.8 Å². The highest BCUT2D eigenvalue weighted by atomic mass is 16.5. The Bertz CT molecular complexity index is 482. The standard InChI is InChI=1S/C16H24N2O3/c1-18-9-6-12(7-10-18)5-8-17-16(20)14-11-13(21-2)3-4-15(14)19/h3-4,11-12,19H,5-10H2,1-2H3,(H,17,20). The highest BCUT2D eigenvalue weighted by molar-refractivity contribution is 5.97. The van der Waals surface area contributed by atoms with Crippen molar-refractivity contribution in [2.45, 2.75) is 19.3 Å². The van der Waals surface area contributed by atoms with E-state index in [0.717, 1.165) is 19.5 Å². The van der Waals surface area contributed by atoms with Crippen LogP contribution < -0.4 is 10.1 Å². The Morgan fingerprint density at radius 2 is 2.14 bits per heavy atom. The summed E-state index contributed by atoms with van der Waals surface area (Å²) in [4.78, 5) is 14.4. The van der Waals surface area contributed by atoms with Gasteiger partial charge in [-0.05, 0) is 63.5 Å². The zero-order chi connectivity index (χ0) is 15.2. The molecular formula is C16H24N2O3. The van der Waals surface area contributed by atoms with E-state index >= 15 is 0 Å². The molecule has 1 amide bonds. The Balaban J connectivity index is 1.82. The molecule has 1 saturated heterocycles. The van der Waals surface area contributed by atoms with Crippen molar-refractivity contribution in [3.63, 3.8) is 0 Å². The van der Waals surface area contributed by atoms with Crippen LogP contribution in [0.4, 0.5) is 0 Å². The van der Waals surface area contributed by atoms with Crippen LogP contribution in [0.1, 0.15) is 29.6 Å². The Morgan fingerprint density at radius 1 is 1.43 bits per heavy atom. The number of carbonyl (C=O) groups is 1. The summed E-state index contributed by atoms with van der Waals surface area (Å²) in [5.41, 5.74) is 0.262. The number of ether oxygens (including phenoxy) is 1. The maximum absolute atomic E-state index is 12.1. The molecule has 0 bridgehead atoms. The van der Waals surface area contributed by atoms with Gasteiger partial charge in [0.1, 0.15) is 11.5 Å². The summed E-state index contributed by atoms with van der Waals surface area (Å²) < 4.78 is 5.07. The van der Waals surface area contributed by atoms with Crippen molar-refractivity contribution in [3.8, 4) is 11.5 Å². The second-order valence-electron chi connectivity index (χ2n) is 5.67. The fourth-order valence-corrected chi connectivity index (χ4v) is 2.66. The van der Waals surface area contributed by atoms with Gasteiger partial charge in [0.25, 0.3) is 5.91 Å². The molecular weight excluding hydrogens is 268 g/mol. The van der Waals surface area contributed by atoms with Crippen molar-refractivity contribution in [1.29, 1.82) is 0 Å². The summed E-state index contributed by atoms with van der Waals surface area (Å²) in [6, 6.07) is 4.66. The molecule has 5 nitrogen and oxygen atoms in total. The van der Waals surface area contributed by atoms with E-state index in [4.69, 9.17) is 4.74 Å². The number of benzene rings is 1. The largest absolute Gasteiger partial charge is 0.507 e. The van der Waals surface area contributed by atoms with Crippen LogP contribution in [0.5, 0.6) is 11.5 Å². The fraction of sp³-hybridized carbons (Fsp3) is 0.562. The molecule has 0 spiro atoms. The van der Waals surface area contributed by atoms with Crippen molar-refractivity contribution >= 4 is 5.91 Å². The summed E-state index contributed by atoms with van der Waals surface area (Å²) in [7, 11) is 3.68. The summed E-state index contributed by atoms with van der Waals surface area (Å²) in [6.45, 7) is 2.91. The molecule has 116 valence electrons. The van der Waals surface area contributed by atoms with Gasteiger partial charge in [-0.25, -0.2) is 0 Å². The van der Waals surface area contributed by atoms with Gasteiger partial charge in [0.05, 0.1) is 12.7 Å². The number of likely N-dealkylation sites (tertiary alicyclic amines) is 1. The quantitative estimate of drug-likeness (QED) is 0.869. The van der Waals surface area contributed by atoms with E-state index in [9.17, 15) is 9.90 Å². The minimum atomic E-state index is -0.251. The van der Waals surface area contributed by atoms with Gasteiger partial charge in [-0.3, -0.25) is 4.79 Å². The molecule has 21 heavy (non-hydrogen) atoms. The summed E-state index contributed by atoms with van der Waals surface area (Å²) >= 11 is 0. The molecule has 0 radical (unpaired) electrons. The molecule has 0 aliphatic carbocycles. The van der Waals surface area contributed by atoms with Crippen molar-refractivity contribution in [2.24, 2.45) is 5.92 Å². The molecule has 1 aliphatic rings. The average molecular weight is 292 g/mol. The van der Waals surface area contributed by atoms with Gasteiger partial charge in [-0.15, -0.1) is 0 Å². The Morgan fingerprint density at radius 3 is 2.81 bits per heavy atom. The lowest BCUT2D eigenvalue weighted by atomic mass is 9.94. The SMILES string of the molecule is COc1ccc(O)c(C(=O)NCCC2CCN(C)CC2)c1. The van der Waals surface area contributed by atoms with Gasteiger partial charge >= 0.3 is 0 Å². The number of aromatic hydroxyl groups is 1. The van der Waals surface area contributed by atoms with Crippen LogP contribution in [0.2, 0.25) is 0 Å². The van der Waals surface area contributed by atoms with Gasteiger partial charge in [-0.2, -0.15) is 0 Å². The molecule has 1 aromatic carbocycles. The third-order valence-electron chi connectivity index (χ3n) is 4.12. The first-order valence-corrected chi connectivity index (χ1v) is 7.44. The molecule has 0 atom stereocenters. The fourth-order valence-electron chi connectivity index (χ4n) is 2.66. The molecule has 1 aliphatic heterocycles. The number of nitrogens with zero attached hydrogens (tertiary/aromatic N) is 1. The maximum Gasteiger partial charge on any atom is 0.255 e. The zero-order valence-electron chi connectivity index (χ0n) is 12.8. The Kier molecular flexibility index (Phi) is 5.44. The van der Waals surface area contributed by atoms with Crippen LogP contribution >= 0.6 is 0 Å². The number of rotatable bonds is 5. The number of methoxy groups -OCH3 is 1. The molecule has 0 unspecified atom stereocenters. The smallest absolute Gasteiger partial charge is 0.255 e. The number of amides is 1. The third-order valence-corrected chi connectivity index (χ3v) is 4.12. The number of phenols is 1. The van der Waals surface area contributed by atoms with Gasteiger partial charge < -0.3 is 20.1 Å². The lowest BCUT2D eigenvalue weighted by Crippen LogP contribution is -2.32. The van der Waals surface area contributed by atoms with E-state index in [1.807, 2.05) is 0 Å². The monoisotopic (exact) mass is 292 g/mol. The lowest BCUT2D eigenvalue weighted by Gasteiger charge is -2.28. The van der Waals surface area contributed by atoms with Gasteiger partial charge in [0.15, 0.2) is 0 Å². The predicted molar refractivity (Wildman–Crippen MR) is 81.8 cm³/mol. The summed E-state index contributed by atoms with van der Waals surface area (Å²) in [5.74, 6) is 0.973. The minimum Gasteiger partial charge on any atom is -0.507 e. The van der Waals surface area contributed by atoms with Crippen LogP contribution in [0.25, 0.3) is 0 Å². The first-order valence-electron chi connectivity index (χ1n) is 7.44. The molecule has 1 heterocycles. The Labute approximate surface area is 125 Å². The highest BCUT2D eigenvalue weighted by Gasteiger charge is 2.17. The Hall–Kier alpha value is -1.75. The number of hydrogen-bond donors (Lipinski definition) is 2. The molecule has 1 aromatic rings. The number of piperidine rings is 1. The van der Waals surface area contributed by atoms with Gasteiger partial charge in [0.2, 0.25) is 0 Å². The third kappa shape index (κ3) is 4.36. The lowest BCUT2D eigenvalue weighted by molar-refractivity contribution is 0.0946. The summed E-state index contributed by atoms with van der Waals surface area (Å²) in [5, 5.41) is 12.6. The van der Waals surface area contributed by atoms with Crippen molar-refractivity contribution in [3.05, 3.63) is 23.8 Å². The zero-order valence-corrected chi connectivity index (χ0v) is 12.8. The van der Waals surface area contributed by atoms with Crippen molar-refractivity contribution < 1.29 is 14.6 Å². The van der Waals surface area contributed by atoms with E-state index in [1.54, 1.807) is 12.1 Å². The molecule has 0 saturated carbocycles. The van der Waals surface area contributed by atoms with E-state index in [1.165, 1.54) is 26.0 Å². The van der Waals surface area contributed by atoms with Crippen molar-refractivity contribution in [2.75, 3.05) is 33.8 Å². The van der Waals surface area contributed by atoms with Gasteiger partial charge in [-0.1, -0.05) is 0 Å². The molecule has 2 rings (SSSR count). The molecule has 0 aromatic heterocycles. The molecule has 1 fully saturated rings. The minimum absolute atomic E-state index is 0.0207. The van der Waals surface area contributed by atoms with E-state index in [0.29, 0.717) is 18.2 Å². The second kappa shape index (κ2) is 7.31. The first-order chi connectivity index (χ1) is 10.1. The normalized spacial score (nSPS) is 16.7. The van der Waals surface area contributed by atoms with Gasteiger partial charge in [0, 0.05) is 6.54 Å². The number of hydrogen-bond acceptors (Lipinski definition) is 4. The number of nitrogens with one attached hydrogen (secondary N) is 1. The van der Waals surface area contributed by atoms with E-state index in [2.05, 4.69) is 17.3 Å². The average Bonchev–Trinajstić information content (AvgIpc) is 2.49. The van der Waals surface area contributed by atoms with E-state index < -0.39 is 0 Å². The number of carbonyl (C=O) groups excluding carboxylic acids is 1. The summed E-state index contributed by atoms with van der Waals surface area (Å²) in [6.07, 6.45) is 3.37. The van der Waals surface area contributed by atoms with Crippen LogP contribution in [-0.4, -0.2) is 49.7 Å². The van der Waals surface area contributed by atoms with Crippen LogP contribution in [0.15, 0.2) is 18.2 Å². The maximum atomic E-state index is 12.1. The predicted octanol–water partition coefficient (Wildman–Crippen LogP) is 1.86. The van der Waals surface area contributed by atoms with Crippen molar-refractivity contribution in [1.82, 2.24) is 10.2 Å². The van der Waals surface area contributed by atoms with Crippen LogP contribution in [-0.2, 0) is 0 Å². The van der Waals surface area contributed by atoms with E-state index in [-0.39, 0.29) is 17.2 Å². The van der Waals surface area contributed by atoms with Crippen LogP contribution in [0.3, 0.4) is 0 Å². The second-order valence-corrected chi connectivity index (χ2v) is 5.67.